The normalized spacial score (nSPS) is 26.5. The number of ether oxygens (including phenoxy) is 1. The van der Waals surface area contributed by atoms with Crippen molar-refractivity contribution in [3.8, 4) is 5.19 Å². The van der Waals surface area contributed by atoms with Crippen molar-refractivity contribution in [1.82, 2.24) is 4.98 Å². The topological polar surface area (TPSA) is 22.1 Å². The van der Waals surface area contributed by atoms with Crippen LogP contribution in [0, 0.1) is 5.92 Å². The highest BCUT2D eigenvalue weighted by Gasteiger charge is 2.22. The van der Waals surface area contributed by atoms with Crippen LogP contribution in [0.25, 0.3) is 0 Å². The van der Waals surface area contributed by atoms with Crippen molar-refractivity contribution in [1.29, 1.82) is 0 Å². The fraction of sp³-hybridized carbons (Fsp3) is 0.727. The van der Waals surface area contributed by atoms with E-state index < -0.39 is 0 Å². The highest BCUT2D eigenvalue weighted by molar-refractivity contribution is 7.11. The van der Waals surface area contributed by atoms with Crippen molar-refractivity contribution in [2.24, 2.45) is 5.92 Å². The molecule has 84 valence electrons. The molecule has 0 amide bonds. The Morgan fingerprint density at radius 2 is 2.47 bits per heavy atom. The molecule has 4 heteroatoms. The molecule has 2 nitrogen and oxygen atoms in total. The van der Waals surface area contributed by atoms with E-state index in [4.69, 9.17) is 16.3 Å². The van der Waals surface area contributed by atoms with E-state index in [1.807, 2.05) is 5.38 Å². The van der Waals surface area contributed by atoms with Gasteiger partial charge in [-0.25, -0.2) is 0 Å². The van der Waals surface area contributed by atoms with Crippen LogP contribution in [0.4, 0.5) is 0 Å². The molecule has 0 radical (unpaired) electrons. The largest absolute Gasteiger partial charge is 0.467 e. The zero-order chi connectivity index (χ0) is 10.7. The molecule has 1 aromatic rings. The van der Waals surface area contributed by atoms with Gasteiger partial charge in [-0.1, -0.05) is 42.7 Å². The lowest BCUT2D eigenvalue weighted by molar-refractivity contribution is 0.121. The van der Waals surface area contributed by atoms with E-state index in [9.17, 15) is 0 Å². The Labute approximate surface area is 99.6 Å². The molecule has 1 heterocycles. The summed E-state index contributed by atoms with van der Waals surface area (Å²) >= 11 is 7.24. The lowest BCUT2D eigenvalue weighted by Gasteiger charge is -2.27. The van der Waals surface area contributed by atoms with Gasteiger partial charge in [0.2, 0.25) is 0 Å². The van der Waals surface area contributed by atoms with Gasteiger partial charge in [0.05, 0.1) is 0 Å². The Morgan fingerprint density at radius 1 is 1.60 bits per heavy atom. The highest BCUT2D eigenvalue weighted by Crippen LogP contribution is 2.31. The molecule has 0 spiro atoms. The minimum absolute atomic E-state index is 0.353. The maximum atomic E-state index is 5.83. The number of hydrogen-bond donors (Lipinski definition) is 0. The third-order valence-corrected chi connectivity index (χ3v) is 4.09. The first-order valence-corrected chi connectivity index (χ1v) is 6.81. The number of aromatic nitrogens is 1. The van der Waals surface area contributed by atoms with Crippen LogP contribution in [0.3, 0.4) is 0 Å². The summed E-state index contributed by atoms with van der Waals surface area (Å²) in [6.07, 6.45) is 6.59. The Bertz CT molecular complexity index is 315. The van der Waals surface area contributed by atoms with Gasteiger partial charge in [-0.3, -0.25) is 0 Å². The molecule has 0 bridgehead atoms. The van der Waals surface area contributed by atoms with Gasteiger partial charge >= 0.3 is 0 Å². The lowest BCUT2D eigenvalue weighted by Crippen LogP contribution is -2.25. The summed E-state index contributed by atoms with van der Waals surface area (Å²) < 4.78 is 5.83. The Hall–Kier alpha value is -0.280. The van der Waals surface area contributed by atoms with Gasteiger partial charge in [-0.15, -0.1) is 0 Å². The fourth-order valence-corrected chi connectivity index (χ4v) is 3.01. The average Bonchev–Trinajstić information content (AvgIpc) is 2.64. The predicted molar refractivity (Wildman–Crippen MR) is 63.8 cm³/mol. The van der Waals surface area contributed by atoms with Gasteiger partial charge < -0.3 is 4.74 Å². The number of nitrogens with zero attached hydrogens (tertiary/aromatic N) is 1. The van der Waals surface area contributed by atoms with Crippen LogP contribution in [0.15, 0.2) is 5.38 Å². The highest BCUT2D eigenvalue weighted by atomic mass is 35.5. The third-order valence-electron chi connectivity index (χ3n) is 3.03. The van der Waals surface area contributed by atoms with Crippen molar-refractivity contribution < 1.29 is 4.74 Å². The molecule has 1 aromatic heterocycles. The molecule has 0 saturated heterocycles. The SMILES string of the molecule is CCC1CCCC(Oc2nc(Cl)cs2)C1. The lowest BCUT2D eigenvalue weighted by atomic mass is 9.86. The predicted octanol–water partition coefficient (Wildman–Crippen LogP) is 4.14. The Kier molecular flexibility index (Phi) is 3.87. The summed E-state index contributed by atoms with van der Waals surface area (Å²) in [7, 11) is 0. The smallest absolute Gasteiger partial charge is 0.274 e. The summed E-state index contributed by atoms with van der Waals surface area (Å²) in [4.78, 5) is 4.12. The number of thiazole rings is 1. The zero-order valence-corrected chi connectivity index (χ0v) is 10.5. The van der Waals surface area contributed by atoms with E-state index in [0.717, 1.165) is 17.5 Å². The second kappa shape index (κ2) is 5.17. The van der Waals surface area contributed by atoms with Crippen molar-refractivity contribution in [3.63, 3.8) is 0 Å². The van der Waals surface area contributed by atoms with Crippen LogP contribution in [0.5, 0.6) is 5.19 Å². The van der Waals surface area contributed by atoms with Gasteiger partial charge in [0.1, 0.15) is 11.3 Å². The zero-order valence-electron chi connectivity index (χ0n) is 8.91. The van der Waals surface area contributed by atoms with Gasteiger partial charge in [-0.05, 0) is 25.2 Å². The summed E-state index contributed by atoms with van der Waals surface area (Å²) in [6.45, 7) is 2.26. The van der Waals surface area contributed by atoms with Crippen molar-refractivity contribution >= 4 is 22.9 Å². The second-order valence-electron chi connectivity index (χ2n) is 4.12. The number of rotatable bonds is 3. The monoisotopic (exact) mass is 245 g/mol. The first kappa shape index (κ1) is 11.2. The summed E-state index contributed by atoms with van der Waals surface area (Å²) in [6, 6.07) is 0. The molecule has 15 heavy (non-hydrogen) atoms. The minimum atomic E-state index is 0.353. The minimum Gasteiger partial charge on any atom is -0.467 e. The van der Waals surface area contributed by atoms with Crippen molar-refractivity contribution in [2.45, 2.75) is 45.1 Å². The molecule has 1 saturated carbocycles. The second-order valence-corrected chi connectivity index (χ2v) is 5.32. The average molecular weight is 246 g/mol. The van der Waals surface area contributed by atoms with Crippen molar-refractivity contribution in [3.05, 3.63) is 10.5 Å². The van der Waals surface area contributed by atoms with Gasteiger partial charge in [-0.2, -0.15) is 4.98 Å². The summed E-state index contributed by atoms with van der Waals surface area (Å²) in [5.41, 5.74) is 0. The molecular weight excluding hydrogens is 230 g/mol. The molecular formula is C11H16ClNOS. The van der Waals surface area contributed by atoms with Crippen LogP contribution in [0.1, 0.15) is 39.0 Å². The van der Waals surface area contributed by atoms with Crippen molar-refractivity contribution in [2.75, 3.05) is 0 Å². The van der Waals surface area contributed by atoms with E-state index in [1.54, 1.807) is 0 Å². The Morgan fingerprint density at radius 3 is 3.13 bits per heavy atom. The molecule has 1 aliphatic rings. The maximum absolute atomic E-state index is 5.83. The van der Waals surface area contributed by atoms with E-state index >= 15 is 0 Å². The van der Waals surface area contributed by atoms with E-state index in [2.05, 4.69) is 11.9 Å². The molecule has 1 aliphatic carbocycles. The summed E-state index contributed by atoms with van der Waals surface area (Å²) in [5, 5.41) is 3.08. The quantitative estimate of drug-likeness (QED) is 0.798. The molecule has 2 atom stereocenters. The molecule has 2 rings (SSSR count). The number of halogens is 1. The molecule has 2 unspecified atom stereocenters. The van der Waals surface area contributed by atoms with Crippen LogP contribution in [-0.2, 0) is 0 Å². The first-order valence-electron chi connectivity index (χ1n) is 5.55. The summed E-state index contributed by atoms with van der Waals surface area (Å²) in [5.74, 6) is 0.833. The third kappa shape index (κ3) is 3.08. The Balaban J connectivity index is 1.88. The standard InChI is InChI=1S/C11H16ClNOS/c1-2-8-4-3-5-9(6-8)14-11-13-10(12)7-15-11/h7-9H,2-6H2,1H3. The van der Waals surface area contributed by atoms with Crippen LogP contribution in [0.2, 0.25) is 5.15 Å². The number of hydrogen-bond acceptors (Lipinski definition) is 3. The van der Waals surface area contributed by atoms with E-state index in [0.29, 0.717) is 11.3 Å². The molecule has 0 aliphatic heterocycles. The van der Waals surface area contributed by atoms with Crippen LogP contribution in [-0.4, -0.2) is 11.1 Å². The van der Waals surface area contributed by atoms with E-state index in [1.165, 1.54) is 37.0 Å². The van der Waals surface area contributed by atoms with E-state index in [-0.39, 0.29) is 0 Å². The molecule has 0 N–H and O–H groups in total. The van der Waals surface area contributed by atoms with Gasteiger partial charge in [0.25, 0.3) is 5.19 Å². The van der Waals surface area contributed by atoms with Gasteiger partial charge in [0, 0.05) is 5.38 Å². The van der Waals surface area contributed by atoms with Crippen LogP contribution >= 0.6 is 22.9 Å². The van der Waals surface area contributed by atoms with Gasteiger partial charge in [0.15, 0.2) is 0 Å². The fourth-order valence-electron chi connectivity index (χ4n) is 2.16. The molecule has 0 aromatic carbocycles. The maximum Gasteiger partial charge on any atom is 0.274 e. The first-order chi connectivity index (χ1) is 7.28. The molecule has 1 fully saturated rings. The van der Waals surface area contributed by atoms with Crippen LogP contribution < -0.4 is 4.74 Å².